The highest BCUT2D eigenvalue weighted by Crippen LogP contribution is 2.43. The second-order valence-electron chi connectivity index (χ2n) is 4.08. The maximum absolute atomic E-state index is 6.73. The van der Waals surface area contributed by atoms with Crippen molar-refractivity contribution in [1.29, 1.82) is 0 Å². The Hall–Kier alpha value is 0.507. The summed E-state index contributed by atoms with van der Waals surface area (Å²) in [6, 6.07) is 2.55. The molecule has 0 radical (unpaired) electrons. The fourth-order valence-electron chi connectivity index (χ4n) is 2.45. The molecule has 0 saturated heterocycles. The van der Waals surface area contributed by atoms with Gasteiger partial charge in [-0.15, -0.1) is 0 Å². The van der Waals surface area contributed by atoms with Gasteiger partial charge >= 0.3 is 0 Å². The van der Waals surface area contributed by atoms with Crippen LogP contribution in [0.1, 0.15) is 46.0 Å². The molecule has 0 nitrogen and oxygen atoms in total. The Morgan fingerprint density at radius 2 is 1.58 bits per heavy atom. The molecule has 1 aliphatic rings. The van der Waals surface area contributed by atoms with E-state index in [9.17, 15) is 0 Å². The molecule has 0 unspecified atom stereocenters. The molecule has 0 aromatic heterocycles. The maximum Gasteiger partial charge on any atom is 0.159 e. The summed E-state index contributed by atoms with van der Waals surface area (Å²) in [7, 11) is -1.32. The van der Waals surface area contributed by atoms with Gasteiger partial charge in [-0.3, -0.25) is 0 Å². The summed E-state index contributed by atoms with van der Waals surface area (Å²) in [5.74, 6) is 0. The average molecular weight is 205 g/mol. The largest absolute Gasteiger partial charge is 0.167 e. The monoisotopic (exact) mass is 204 g/mol. The minimum absolute atomic E-state index is 0.933. The zero-order chi connectivity index (χ0) is 9.03. The van der Waals surface area contributed by atoms with Crippen LogP contribution in [0.25, 0.3) is 0 Å². The molecule has 1 saturated carbocycles. The van der Waals surface area contributed by atoms with Crippen molar-refractivity contribution in [3.05, 3.63) is 0 Å². The van der Waals surface area contributed by atoms with Gasteiger partial charge in [0.25, 0.3) is 0 Å². The first kappa shape index (κ1) is 10.6. The standard InChI is InChI=1S/C10H21ClSi/c1-3-12(11,4-2)10-8-6-5-7-9-10/h10H,3-9H2,1-2H3. The Labute approximate surface area is 82.4 Å². The van der Waals surface area contributed by atoms with Crippen LogP contribution in [-0.2, 0) is 0 Å². The van der Waals surface area contributed by atoms with Gasteiger partial charge in [0.1, 0.15) is 0 Å². The summed E-state index contributed by atoms with van der Waals surface area (Å²) >= 11 is 6.73. The third kappa shape index (κ3) is 2.26. The van der Waals surface area contributed by atoms with E-state index in [1.165, 1.54) is 44.2 Å². The Morgan fingerprint density at radius 1 is 1.08 bits per heavy atom. The van der Waals surface area contributed by atoms with Crippen LogP contribution in [0.15, 0.2) is 0 Å². The molecule has 0 bridgehead atoms. The lowest BCUT2D eigenvalue weighted by atomic mass is 10.0. The normalized spacial score (nSPS) is 21.2. The van der Waals surface area contributed by atoms with Gasteiger partial charge in [-0.1, -0.05) is 46.0 Å². The van der Waals surface area contributed by atoms with Gasteiger partial charge < -0.3 is 0 Å². The highest BCUT2D eigenvalue weighted by Gasteiger charge is 2.36. The van der Waals surface area contributed by atoms with Gasteiger partial charge in [0, 0.05) is 0 Å². The van der Waals surface area contributed by atoms with Crippen LogP contribution in [0, 0.1) is 0 Å². The van der Waals surface area contributed by atoms with E-state index in [4.69, 9.17) is 11.1 Å². The van der Waals surface area contributed by atoms with E-state index in [1.807, 2.05) is 0 Å². The second kappa shape index (κ2) is 4.66. The lowest BCUT2D eigenvalue weighted by molar-refractivity contribution is 0.493. The van der Waals surface area contributed by atoms with E-state index in [2.05, 4.69) is 13.8 Å². The topological polar surface area (TPSA) is 0 Å². The summed E-state index contributed by atoms with van der Waals surface area (Å²) < 4.78 is 0. The van der Waals surface area contributed by atoms with Gasteiger partial charge in [-0.2, -0.15) is 11.1 Å². The molecular weight excluding hydrogens is 184 g/mol. The van der Waals surface area contributed by atoms with Crippen LogP contribution in [0.4, 0.5) is 0 Å². The van der Waals surface area contributed by atoms with Crippen molar-refractivity contribution in [3.8, 4) is 0 Å². The lowest BCUT2D eigenvalue weighted by Gasteiger charge is -2.34. The second-order valence-corrected chi connectivity index (χ2v) is 10.6. The Kier molecular flexibility index (Phi) is 4.11. The average Bonchev–Trinajstić information content (AvgIpc) is 2.18. The van der Waals surface area contributed by atoms with Crippen molar-refractivity contribution in [3.63, 3.8) is 0 Å². The van der Waals surface area contributed by atoms with E-state index in [1.54, 1.807) is 0 Å². The number of hydrogen-bond acceptors (Lipinski definition) is 0. The minimum Gasteiger partial charge on any atom is -0.167 e. The SMILES string of the molecule is CC[Si](Cl)(CC)C1CCCCC1. The highest BCUT2D eigenvalue weighted by atomic mass is 35.6. The molecule has 0 aromatic rings. The number of hydrogen-bond donors (Lipinski definition) is 0. The Morgan fingerprint density at radius 3 is 2.00 bits per heavy atom. The molecule has 0 heterocycles. The summed E-state index contributed by atoms with van der Waals surface area (Å²) in [5, 5.41) is 0. The highest BCUT2D eigenvalue weighted by molar-refractivity contribution is 7.21. The van der Waals surface area contributed by atoms with Crippen LogP contribution in [-0.4, -0.2) is 7.38 Å². The Balaban J connectivity index is 2.51. The van der Waals surface area contributed by atoms with E-state index in [0.717, 1.165) is 5.54 Å². The molecular formula is C10H21ClSi. The van der Waals surface area contributed by atoms with Crippen molar-refractivity contribution >= 4 is 18.5 Å². The molecule has 0 amide bonds. The third-order valence-electron chi connectivity index (χ3n) is 3.51. The van der Waals surface area contributed by atoms with Gasteiger partial charge in [0.2, 0.25) is 0 Å². The van der Waals surface area contributed by atoms with Crippen molar-refractivity contribution in [2.24, 2.45) is 0 Å². The van der Waals surface area contributed by atoms with E-state index >= 15 is 0 Å². The van der Waals surface area contributed by atoms with Crippen LogP contribution >= 0.6 is 11.1 Å². The predicted octanol–water partition coefficient (Wildman–Crippen LogP) is 4.54. The summed E-state index contributed by atoms with van der Waals surface area (Å²) in [4.78, 5) is 0. The van der Waals surface area contributed by atoms with Gasteiger partial charge in [-0.25, -0.2) is 0 Å². The molecule has 2 heteroatoms. The minimum atomic E-state index is -1.32. The molecule has 0 atom stereocenters. The van der Waals surface area contributed by atoms with Crippen molar-refractivity contribution < 1.29 is 0 Å². The van der Waals surface area contributed by atoms with Crippen LogP contribution in [0.3, 0.4) is 0 Å². The van der Waals surface area contributed by atoms with Crippen molar-refractivity contribution in [2.75, 3.05) is 0 Å². The van der Waals surface area contributed by atoms with Crippen molar-refractivity contribution in [1.82, 2.24) is 0 Å². The first-order chi connectivity index (χ1) is 5.73. The molecule has 72 valence electrons. The molecule has 12 heavy (non-hydrogen) atoms. The molecule has 0 aromatic carbocycles. The fourth-order valence-corrected chi connectivity index (χ4v) is 6.20. The first-order valence-corrected chi connectivity index (χ1v) is 8.92. The summed E-state index contributed by atoms with van der Waals surface area (Å²) in [6.07, 6.45) is 7.18. The molecule has 0 N–H and O–H groups in total. The Bertz CT molecular complexity index is 126. The van der Waals surface area contributed by atoms with E-state index < -0.39 is 7.38 Å². The summed E-state index contributed by atoms with van der Waals surface area (Å²) in [6.45, 7) is 4.58. The third-order valence-corrected chi connectivity index (χ3v) is 10.4. The molecule has 1 fully saturated rings. The van der Waals surface area contributed by atoms with E-state index in [0.29, 0.717) is 0 Å². The van der Waals surface area contributed by atoms with Crippen LogP contribution < -0.4 is 0 Å². The molecule has 0 spiro atoms. The smallest absolute Gasteiger partial charge is 0.159 e. The van der Waals surface area contributed by atoms with E-state index in [-0.39, 0.29) is 0 Å². The maximum atomic E-state index is 6.73. The van der Waals surface area contributed by atoms with Gasteiger partial charge in [-0.05, 0) is 17.6 Å². The predicted molar refractivity (Wildman–Crippen MR) is 59.4 cm³/mol. The van der Waals surface area contributed by atoms with Crippen molar-refractivity contribution in [2.45, 2.75) is 63.6 Å². The molecule has 1 aliphatic carbocycles. The number of halogens is 1. The first-order valence-electron chi connectivity index (χ1n) is 5.42. The van der Waals surface area contributed by atoms with Gasteiger partial charge in [0.15, 0.2) is 7.38 Å². The number of rotatable bonds is 3. The lowest BCUT2D eigenvalue weighted by Crippen LogP contribution is -2.33. The molecule has 0 aliphatic heterocycles. The van der Waals surface area contributed by atoms with Crippen LogP contribution in [0.5, 0.6) is 0 Å². The van der Waals surface area contributed by atoms with Gasteiger partial charge in [0.05, 0.1) is 0 Å². The quantitative estimate of drug-likeness (QED) is 0.468. The van der Waals surface area contributed by atoms with Crippen LogP contribution in [0.2, 0.25) is 17.6 Å². The zero-order valence-corrected chi connectivity index (χ0v) is 10.2. The molecule has 1 rings (SSSR count). The zero-order valence-electron chi connectivity index (χ0n) is 8.41. The fraction of sp³-hybridized carbons (Fsp3) is 1.00. The summed E-state index contributed by atoms with van der Waals surface area (Å²) in [5.41, 5.74) is 0.933.